The van der Waals surface area contributed by atoms with Gasteiger partial charge >= 0.3 is 0 Å². The molecule has 1 aliphatic heterocycles. The van der Waals surface area contributed by atoms with E-state index in [2.05, 4.69) is 52.7 Å². The van der Waals surface area contributed by atoms with Crippen molar-refractivity contribution in [1.82, 2.24) is 10.9 Å². The van der Waals surface area contributed by atoms with Crippen LogP contribution in [0.2, 0.25) is 0 Å². The third-order valence-electron chi connectivity index (χ3n) is 4.59. The minimum atomic E-state index is 0.156. The number of phenols is 1. The summed E-state index contributed by atoms with van der Waals surface area (Å²) >= 11 is 1.80. The Labute approximate surface area is 145 Å². The van der Waals surface area contributed by atoms with Crippen molar-refractivity contribution in [2.24, 2.45) is 0 Å². The summed E-state index contributed by atoms with van der Waals surface area (Å²) in [6.45, 7) is 2.10. The number of thiophene rings is 1. The first-order valence-corrected chi connectivity index (χ1v) is 9.18. The molecular formula is C19H21N3OS. The van der Waals surface area contributed by atoms with Crippen molar-refractivity contribution in [3.05, 3.63) is 59.0 Å². The highest BCUT2D eigenvalue weighted by Gasteiger charge is 2.27. The van der Waals surface area contributed by atoms with E-state index >= 15 is 0 Å². The standard InChI is InChI=1S/C19H21N3OS/c1-2-12-9-13(23)7-8-16(12)20-19-10-17(21-22-19)15-11-24-18-6-4-3-5-14(15)18/h3-9,11,17,19-23H,2,10H2,1H3. The molecule has 3 aromatic rings. The number of phenolic OH excluding ortho intramolecular Hbond substituents is 1. The van der Waals surface area contributed by atoms with Crippen molar-refractivity contribution >= 4 is 27.1 Å². The number of hydrogen-bond acceptors (Lipinski definition) is 5. The van der Waals surface area contributed by atoms with Crippen molar-refractivity contribution in [2.45, 2.75) is 32.0 Å². The highest BCUT2D eigenvalue weighted by Crippen LogP contribution is 2.34. The van der Waals surface area contributed by atoms with Crippen molar-refractivity contribution in [1.29, 1.82) is 0 Å². The average molecular weight is 339 g/mol. The Balaban J connectivity index is 1.51. The fourth-order valence-electron chi connectivity index (χ4n) is 3.32. The molecule has 0 radical (unpaired) electrons. The molecule has 1 aromatic heterocycles. The minimum Gasteiger partial charge on any atom is -0.508 e. The molecule has 4 nitrogen and oxygen atoms in total. The van der Waals surface area contributed by atoms with Crippen molar-refractivity contribution in [3.8, 4) is 5.75 Å². The lowest BCUT2D eigenvalue weighted by Gasteiger charge is -2.16. The monoisotopic (exact) mass is 339 g/mol. The molecule has 0 spiro atoms. The Hall–Kier alpha value is -2.08. The van der Waals surface area contributed by atoms with E-state index in [0.29, 0.717) is 11.8 Å². The van der Waals surface area contributed by atoms with Gasteiger partial charge in [0.05, 0.1) is 12.2 Å². The minimum absolute atomic E-state index is 0.156. The Morgan fingerprint density at radius 1 is 1.21 bits per heavy atom. The van der Waals surface area contributed by atoms with Crippen molar-refractivity contribution < 1.29 is 5.11 Å². The normalized spacial score (nSPS) is 20.5. The summed E-state index contributed by atoms with van der Waals surface area (Å²) in [4.78, 5) is 0. The number of hydrazine groups is 1. The van der Waals surface area contributed by atoms with E-state index in [0.717, 1.165) is 24.1 Å². The number of anilines is 1. The Bertz CT molecular complexity index is 861. The zero-order chi connectivity index (χ0) is 16.5. The SMILES string of the molecule is CCc1cc(O)ccc1NC1CC(c2csc3ccccc23)NN1. The first kappa shape index (κ1) is 15.4. The van der Waals surface area contributed by atoms with Crippen LogP contribution >= 0.6 is 11.3 Å². The number of aromatic hydroxyl groups is 1. The average Bonchev–Trinajstić information content (AvgIpc) is 3.23. The van der Waals surface area contributed by atoms with E-state index in [-0.39, 0.29) is 6.17 Å². The van der Waals surface area contributed by atoms with Gasteiger partial charge in [0, 0.05) is 16.8 Å². The van der Waals surface area contributed by atoms with Crippen LogP contribution in [-0.2, 0) is 6.42 Å². The molecule has 1 aliphatic rings. The van der Waals surface area contributed by atoms with E-state index in [1.807, 2.05) is 12.1 Å². The number of fused-ring (bicyclic) bond motifs is 1. The second kappa shape index (κ2) is 6.43. The van der Waals surface area contributed by atoms with Crippen LogP contribution in [0.3, 0.4) is 0 Å². The molecule has 0 amide bonds. The molecule has 2 aromatic carbocycles. The predicted octanol–water partition coefficient (Wildman–Crippen LogP) is 4.15. The van der Waals surface area contributed by atoms with E-state index in [9.17, 15) is 5.11 Å². The van der Waals surface area contributed by atoms with Gasteiger partial charge in [0.15, 0.2) is 0 Å². The fourth-order valence-corrected chi connectivity index (χ4v) is 4.34. The zero-order valence-electron chi connectivity index (χ0n) is 13.5. The lowest BCUT2D eigenvalue weighted by atomic mass is 10.0. The lowest BCUT2D eigenvalue weighted by molar-refractivity contribution is 0.474. The molecule has 1 saturated heterocycles. The maximum absolute atomic E-state index is 9.64. The first-order valence-electron chi connectivity index (χ1n) is 8.30. The van der Waals surface area contributed by atoms with Crippen LogP contribution in [0.25, 0.3) is 10.1 Å². The molecule has 124 valence electrons. The van der Waals surface area contributed by atoms with Gasteiger partial charge < -0.3 is 10.4 Å². The molecule has 2 unspecified atom stereocenters. The Morgan fingerprint density at radius 2 is 2.08 bits per heavy atom. The highest BCUT2D eigenvalue weighted by molar-refractivity contribution is 7.17. The molecule has 24 heavy (non-hydrogen) atoms. The fraction of sp³-hybridized carbons (Fsp3) is 0.263. The molecule has 5 heteroatoms. The van der Waals surface area contributed by atoms with Gasteiger partial charge in [-0.25, -0.2) is 10.9 Å². The maximum Gasteiger partial charge on any atom is 0.116 e. The predicted molar refractivity (Wildman–Crippen MR) is 100 cm³/mol. The largest absolute Gasteiger partial charge is 0.508 e. The van der Waals surface area contributed by atoms with Gasteiger partial charge in [-0.1, -0.05) is 25.1 Å². The van der Waals surface area contributed by atoms with Crippen LogP contribution in [-0.4, -0.2) is 11.3 Å². The van der Waals surface area contributed by atoms with Crippen LogP contribution in [0.5, 0.6) is 5.75 Å². The van der Waals surface area contributed by atoms with Crippen molar-refractivity contribution in [2.75, 3.05) is 5.32 Å². The molecule has 2 heterocycles. The van der Waals surface area contributed by atoms with Crippen LogP contribution in [0.15, 0.2) is 47.8 Å². The molecule has 1 fully saturated rings. The number of benzene rings is 2. The molecule has 4 rings (SSSR count). The topological polar surface area (TPSA) is 56.3 Å². The third kappa shape index (κ3) is 2.86. The smallest absolute Gasteiger partial charge is 0.116 e. The van der Waals surface area contributed by atoms with Gasteiger partial charge in [0.2, 0.25) is 0 Å². The number of hydrogen-bond donors (Lipinski definition) is 4. The second-order valence-corrected chi connectivity index (χ2v) is 7.07. The van der Waals surface area contributed by atoms with Crippen LogP contribution < -0.4 is 16.2 Å². The Morgan fingerprint density at radius 3 is 2.96 bits per heavy atom. The molecule has 4 N–H and O–H groups in total. The third-order valence-corrected chi connectivity index (χ3v) is 5.57. The summed E-state index contributed by atoms with van der Waals surface area (Å²) < 4.78 is 1.33. The zero-order valence-corrected chi connectivity index (χ0v) is 14.4. The second-order valence-electron chi connectivity index (χ2n) is 6.16. The van der Waals surface area contributed by atoms with Crippen LogP contribution in [0.1, 0.15) is 30.5 Å². The summed E-state index contributed by atoms with van der Waals surface area (Å²) in [6.07, 6.45) is 2.00. The van der Waals surface area contributed by atoms with Gasteiger partial charge in [-0.15, -0.1) is 11.3 Å². The summed E-state index contributed by atoms with van der Waals surface area (Å²) in [7, 11) is 0. The molecule has 0 saturated carbocycles. The van der Waals surface area contributed by atoms with Crippen molar-refractivity contribution in [3.63, 3.8) is 0 Å². The van der Waals surface area contributed by atoms with Crippen LogP contribution in [0.4, 0.5) is 5.69 Å². The summed E-state index contributed by atoms with van der Waals surface area (Å²) in [5.74, 6) is 0.317. The van der Waals surface area contributed by atoms with E-state index in [4.69, 9.17) is 0 Å². The summed E-state index contributed by atoms with van der Waals surface area (Å²) in [5, 5.41) is 16.8. The van der Waals surface area contributed by atoms with Gasteiger partial charge in [-0.05, 0) is 52.6 Å². The number of rotatable bonds is 4. The van der Waals surface area contributed by atoms with Gasteiger partial charge in [0.1, 0.15) is 5.75 Å². The Kier molecular flexibility index (Phi) is 4.14. The quantitative estimate of drug-likeness (QED) is 0.540. The molecular weight excluding hydrogens is 318 g/mol. The van der Waals surface area contributed by atoms with Gasteiger partial charge in [-0.2, -0.15) is 0 Å². The molecule has 0 bridgehead atoms. The van der Waals surface area contributed by atoms with Gasteiger partial charge in [-0.3, -0.25) is 0 Å². The van der Waals surface area contributed by atoms with E-state index in [1.54, 1.807) is 17.4 Å². The summed E-state index contributed by atoms with van der Waals surface area (Å²) in [5.41, 5.74) is 10.3. The summed E-state index contributed by atoms with van der Waals surface area (Å²) in [6, 6.07) is 14.3. The molecule has 0 aliphatic carbocycles. The van der Waals surface area contributed by atoms with E-state index < -0.39 is 0 Å². The maximum atomic E-state index is 9.64. The van der Waals surface area contributed by atoms with Crippen LogP contribution in [0, 0.1) is 0 Å². The van der Waals surface area contributed by atoms with Gasteiger partial charge in [0.25, 0.3) is 0 Å². The van der Waals surface area contributed by atoms with E-state index in [1.165, 1.54) is 15.6 Å². The number of nitrogens with one attached hydrogen (secondary N) is 3. The lowest BCUT2D eigenvalue weighted by Crippen LogP contribution is -2.36. The number of aryl methyl sites for hydroxylation is 1. The first-order chi connectivity index (χ1) is 11.7. The molecule has 2 atom stereocenters. The highest BCUT2D eigenvalue weighted by atomic mass is 32.1.